The minimum Gasteiger partial charge on any atom is -0.444 e. The highest BCUT2D eigenvalue weighted by atomic mass is 19.4. The number of carbonyl (C=O) groups is 2. The molecule has 2 heterocycles. The zero-order valence-corrected chi connectivity index (χ0v) is 21.0. The molecule has 202 valence electrons. The Morgan fingerprint density at radius 2 is 1.79 bits per heavy atom. The maximum absolute atomic E-state index is 13.8. The number of ether oxygens (including phenoxy) is 2. The number of alkyl carbamates (subject to hydrolysis) is 1. The SMILES string of the molecule is CC(C)(C)OC(=O)NCC[C@H]1CNC(=O)c2cc(-c3cccc(OC(F)(F)F)c3)c(-c3ccc(F)cc3)n21. The second-order valence-corrected chi connectivity index (χ2v) is 9.83. The lowest BCUT2D eigenvalue weighted by Crippen LogP contribution is -2.41. The minimum absolute atomic E-state index is 0.236. The first-order valence-electron chi connectivity index (χ1n) is 11.9. The molecule has 0 fully saturated rings. The summed E-state index contributed by atoms with van der Waals surface area (Å²) in [6.07, 6.45) is -5.04. The van der Waals surface area contributed by atoms with Crippen molar-refractivity contribution in [3.63, 3.8) is 0 Å². The fourth-order valence-corrected chi connectivity index (χ4v) is 4.34. The number of alkyl halides is 3. The predicted molar refractivity (Wildman–Crippen MR) is 132 cm³/mol. The van der Waals surface area contributed by atoms with E-state index >= 15 is 0 Å². The normalized spacial score (nSPS) is 15.4. The van der Waals surface area contributed by atoms with Crippen LogP contribution in [0.5, 0.6) is 5.75 Å². The summed E-state index contributed by atoms with van der Waals surface area (Å²) < 4.78 is 63.5. The summed E-state index contributed by atoms with van der Waals surface area (Å²) in [6, 6.07) is 12.3. The molecule has 2 amide bonds. The molecular weight excluding hydrogens is 506 g/mol. The van der Waals surface area contributed by atoms with Gasteiger partial charge < -0.3 is 24.7 Å². The van der Waals surface area contributed by atoms with Gasteiger partial charge in [0.2, 0.25) is 0 Å². The van der Waals surface area contributed by atoms with E-state index in [1.165, 1.54) is 30.3 Å². The highest BCUT2D eigenvalue weighted by Crippen LogP contribution is 2.40. The maximum atomic E-state index is 13.8. The van der Waals surface area contributed by atoms with E-state index in [4.69, 9.17) is 4.74 Å². The van der Waals surface area contributed by atoms with Crippen LogP contribution in [0.2, 0.25) is 0 Å². The topological polar surface area (TPSA) is 81.6 Å². The van der Waals surface area contributed by atoms with Crippen molar-refractivity contribution in [3.05, 3.63) is 66.1 Å². The summed E-state index contributed by atoms with van der Waals surface area (Å²) in [4.78, 5) is 25.0. The average molecular weight is 534 g/mol. The van der Waals surface area contributed by atoms with Gasteiger partial charge in [-0.3, -0.25) is 4.79 Å². The van der Waals surface area contributed by atoms with E-state index in [9.17, 15) is 27.2 Å². The number of rotatable bonds is 6. The summed E-state index contributed by atoms with van der Waals surface area (Å²) >= 11 is 0. The zero-order chi connectivity index (χ0) is 27.7. The Hall–Kier alpha value is -4.02. The number of halogens is 4. The monoisotopic (exact) mass is 533 g/mol. The van der Waals surface area contributed by atoms with Crippen LogP contribution in [0.1, 0.15) is 43.7 Å². The summed E-state index contributed by atoms with van der Waals surface area (Å²) in [5.74, 6) is -1.23. The number of fused-ring (bicyclic) bond motifs is 1. The number of hydrogen-bond acceptors (Lipinski definition) is 4. The Labute approximate surface area is 216 Å². The average Bonchev–Trinajstić information content (AvgIpc) is 3.21. The lowest BCUT2D eigenvalue weighted by molar-refractivity contribution is -0.274. The number of hydrogen-bond donors (Lipinski definition) is 2. The number of nitrogens with zero attached hydrogens (tertiary/aromatic N) is 1. The van der Waals surface area contributed by atoms with E-state index < -0.39 is 29.6 Å². The number of amides is 2. The standard InChI is InChI=1S/C27H27F4N3O4/c1-26(2,3)38-25(36)32-12-11-19-15-33-24(35)22-14-21(17-5-4-6-20(13-17)37-27(29,30)31)23(34(19)22)16-7-9-18(28)10-8-16/h4-10,13-14,19H,11-12,15H2,1-3H3,(H,32,36)(H,33,35)/t19-/m0/s1. The molecule has 4 rings (SSSR count). The Bertz CT molecular complexity index is 1330. The summed E-state index contributed by atoms with van der Waals surface area (Å²) in [5, 5.41) is 5.53. The van der Waals surface area contributed by atoms with Crippen LogP contribution in [0.25, 0.3) is 22.4 Å². The van der Waals surface area contributed by atoms with Gasteiger partial charge in [-0.1, -0.05) is 12.1 Å². The predicted octanol–water partition coefficient (Wildman–Crippen LogP) is 6.06. The molecule has 3 aromatic rings. The lowest BCUT2D eigenvalue weighted by Gasteiger charge is -2.29. The van der Waals surface area contributed by atoms with Crippen LogP contribution < -0.4 is 15.4 Å². The molecular formula is C27H27F4N3O4. The Morgan fingerprint density at radius 1 is 1.08 bits per heavy atom. The minimum atomic E-state index is -4.87. The lowest BCUT2D eigenvalue weighted by atomic mass is 10.0. The second kappa shape index (κ2) is 10.4. The molecule has 0 aliphatic carbocycles. The first kappa shape index (κ1) is 27.0. The number of aromatic nitrogens is 1. The van der Waals surface area contributed by atoms with E-state index in [0.29, 0.717) is 28.8 Å². The molecule has 0 unspecified atom stereocenters. The van der Waals surface area contributed by atoms with Gasteiger partial charge in [0.15, 0.2) is 0 Å². The molecule has 1 aromatic heterocycles. The van der Waals surface area contributed by atoms with Crippen LogP contribution >= 0.6 is 0 Å². The molecule has 0 saturated heterocycles. The molecule has 1 atom stereocenters. The zero-order valence-electron chi connectivity index (χ0n) is 21.0. The number of benzene rings is 2. The molecule has 0 spiro atoms. The van der Waals surface area contributed by atoms with Gasteiger partial charge in [-0.2, -0.15) is 0 Å². The van der Waals surface area contributed by atoms with Crippen molar-refractivity contribution >= 4 is 12.0 Å². The quantitative estimate of drug-likeness (QED) is 0.378. The highest BCUT2D eigenvalue weighted by molar-refractivity contribution is 5.98. The van der Waals surface area contributed by atoms with Gasteiger partial charge in [0, 0.05) is 18.7 Å². The molecule has 11 heteroatoms. The van der Waals surface area contributed by atoms with E-state index in [2.05, 4.69) is 15.4 Å². The van der Waals surface area contributed by atoms with Gasteiger partial charge in [0.1, 0.15) is 22.9 Å². The molecule has 2 N–H and O–H groups in total. The van der Waals surface area contributed by atoms with Crippen LogP contribution in [0.4, 0.5) is 22.4 Å². The van der Waals surface area contributed by atoms with Crippen molar-refractivity contribution in [2.45, 2.75) is 45.2 Å². The Kier molecular flexibility index (Phi) is 7.39. The molecule has 1 aliphatic heterocycles. The third-order valence-electron chi connectivity index (χ3n) is 5.77. The van der Waals surface area contributed by atoms with Crippen molar-refractivity contribution in [2.24, 2.45) is 0 Å². The molecule has 0 radical (unpaired) electrons. The van der Waals surface area contributed by atoms with Crippen LogP contribution in [-0.2, 0) is 4.74 Å². The summed E-state index contributed by atoms with van der Waals surface area (Å²) in [7, 11) is 0. The van der Waals surface area contributed by atoms with Crippen LogP contribution in [-0.4, -0.2) is 41.6 Å². The molecule has 0 saturated carbocycles. The van der Waals surface area contributed by atoms with E-state index in [0.717, 1.165) is 0 Å². The van der Waals surface area contributed by atoms with Gasteiger partial charge >= 0.3 is 12.5 Å². The third kappa shape index (κ3) is 6.45. The summed E-state index contributed by atoms with van der Waals surface area (Å²) in [5.41, 5.74) is 1.57. The largest absolute Gasteiger partial charge is 0.573 e. The molecule has 2 aromatic carbocycles. The second-order valence-electron chi connectivity index (χ2n) is 9.83. The van der Waals surface area contributed by atoms with Gasteiger partial charge in [0.05, 0.1) is 11.7 Å². The fourth-order valence-electron chi connectivity index (χ4n) is 4.34. The Morgan fingerprint density at radius 3 is 2.45 bits per heavy atom. The maximum Gasteiger partial charge on any atom is 0.573 e. The molecule has 7 nitrogen and oxygen atoms in total. The van der Waals surface area contributed by atoms with Crippen molar-refractivity contribution in [1.29, 1.82) is 0 Å². The van der Waals surface area contributed by atoms with Crippen LogP contribution in [0, 0.1) is 5.82 Å². The van der Waals surface area contributed by atoms with Gasteiger partial charge in [-0.05, 0) is 80.8 Å². The van der Waals surface area contributed by atoms with Crippen molar-refractivity contribution in [2.75, 3.05) is 13.1 Å². The van der Waals surface area contributed by atoms with Crippen molar-refractivity contribution < 1.29 is 36.6 Å². The first-order chi connectivity index (χ1) is 17.8. The molecule has 1 aliphatic rings. The Balaban J connectivity index is 1.75. The van der Waals surface area contributed by atoms with Crippen molar-refractivity contribution in [3.8, 4) is 28.1 Å². The van der Waals surface area contributed by atoms with Crippen LogP contribution in [0.15, 0.2) is 54.6 Å². The van der Waals surface area contributed by atoms with Crippen LogP contribution in [0.3, 0.4) is 0 Å². The highest BCUT2D eigenvalue weighted by Gasteiger charge is 2.33. The number of nitrogens with one attached hydrogen (secondary N) is 2. The van der Waals surface area contributed by atoms with Gasteiger partial charge in [0.25, 0.3) is 5.91 Å². The molecule has 0 bridgehead atoms. The van der Waals surface area contributed by atoms with Crippen molar-refractivity contribution in [1.82, 2.24) is 15.2 Å². The molecule has 38 heavy (non-hydrogen) atoms. The van der Waals surface area contributed by atoms with Gasteiger partial charge in [-0.15, -0.1) is 13.2 Å². The smallest absolute Gasteiger partial charge is 0.444 e. The van der Waals surface area contributed by atoms with E-state index in [-0.39, 0.29) is 30.7 Å². The van der Waals surface area contributed by atoms with E-state index in [1.807, 2.05) is 0 Å². The first-order valence-corrected chi connectivity index (χ1v) is 11.9. The third-order valence-corrected chi connectivity index (χ3v) is 5.77. The van der Waals surface area contributed by atoms with E-state index in [1.54, 1.807) is 49.6 Å². The van der Waals surface area contributed by atoms with Gasteiger partial charge in [-0.25, -0.2) is 9.18 Å². The fraction of sp³-hybridized carbons (Fsp3) is 0.333. The summed E-state index contributed by atoms with van der Waals surface area (Å²) in [6.45, 7) is 5.74. The number of carbonyl (C=O) groups excluding carboxylic acids is 2.